The second kappa shape index (κ2) is 5.17. The van der Waals surface area contributed by atoms with Crippen LogP contribution in [0.3, 0.4) is 0 Å². The summed E-state index contributed by atoms with van der Waals surface area (Å²) in [6.07, 6.45) is 2.75. The lowest BCUT2D eigenvalue weighted by atomic mass is 10.2. The van der Waals surface area contributed by atoms with Gasteiger partial charge in [-0.05, 0) is 39.5 Å². The van der Waals surface area contributed by atoms with Crippen molar-refractivity contribution in [2.75, 3.05) is 20.6 Å². The van der Waals surface area contributed by atoms with Gasteiger partial charge in [-0.1, -0.05) is 11.6 Å². The Bertz CT molecular complexity index is 307. The van der Waals surface area contributed by atoms with Gasteiger partial charge in [-0.2, -0.15) is 0 Å². The minimum absolute atomic E-state index is 0.444. The fraction of sp³-hybridized carbons (Fsp3) is 0.500. The van der Waals surface area contributed by atoms with Crippen LogP contribution < -0.4 is 0 Å². The lowest BCUT2D eigenvalue weighted by Gasteiger charge is -2.07. The zero-order valence-corrected chi connectivity index (χ0v) is 9.27. The molecule has 3 nitrogen and oxygen atoms in total. The summed E-state index contributed by atoms with van der Waals surface area (Å²) in [5.41, 5.74) is 1.57. The highest BCUT2D eigenvalue weighted by Crippen LogP contribution is 2.15. The lowest BCUT2D eigenvalue weighted by molar-refractivity contribution is 0.112. The Hall–Kier alpha value is -0.800. The number of H-pyrrole nitrogens is 1. The van der Waals surface area contributed by atoms with E-state index < -0.39 is 0 Å². The van der Waals surface area contributed by atoms with Gasteiger partial charge in [0.25, 0.3) is 0 Å². The maximum Gasteiger partial charge on any atom is 0.153 e. The molecule has 4 heteroatoms. The topological polar surface area (TPSA) is 36.1 Å². The van der Waals surface area contributed by atoms with Crippen molar-refractivity contribution < 1.29 is 4.79 Å². The van der Waals surface area contributed by atoms with E-state index in [0.717, 1.165) is 31.4 Å². The number of nitrogens with zero attached hydrogens (tertiary/aromatic N) is 1. The van der Waals surface area contributed by atoms with Crippen LogP contribution in [-0.4, -0.2) is 36.8 Å². The van der Waals surface area contributed by atoms with Gasteiger partial charge < -0.3 is 9.88 Å². The zero-order chi connectivity index (χ0) is 10.6. The van der Waals surface area contributed by atoms with Crippen LogP contribution in [0.1, 0.15) is 22.5 Å². The number of halogens is 1. The summed E-state index contributed by atoms with van der Waals surface area (Å²) in [5.74, 6) is 0. The van der Waals surface area contributed by atoms with Crippen LogP contribution in [0.5, 0.6) is 0 Å². The summed E-state index contributed by atoms with van der Waals surface area (Å²) in [7, 11) is 4.08. The average Bonchev–Trinajstić information content (AvgIpc) is 2.45. The number of hydrogen-bond acceptors (Lipinski definition) is 2. The van der Waals surface area contributed by atoms with Crippen LogP contribution in [0.2, 0.25) is 5.15 Å². The first-order valence-corrected chi connectivity index (χ1v) is 4.98. The largest absolute Gasteiger partial charge is 0.349 e. The molecule has 0 spiro atoms. The Morgan fingerprint density at radius 3 is 2.79 bits per heavy atom. The molecule has 0 saturated heterocycles. The number of carbonyl (C=O) groups is 1. The van der Waals surface area contributed by atoms with Crippen LogP contribution in [0.15, 0.2) is 6.07 Å². The van der Waals surface area contributed by atoms with E-state index in [0.29, 0.717) is 10.7 Å². The molecule has 0 unspecified atom stereocenters. The number of hydrogen-bond donors (Lipinski definition) is 1. The summed E-state index contributed by atoms with van der Waals surface area (Å²) in [6.45, 7) is 1.03. The van der Waals surface area contributed by atoms with Gasteiger partial charge in [-0.3, -0.25) is 4.79 Å². The first kappa shape index (κ1) is 11.3. The van der Waals surface area contributed by atoms with E-state index in [4.69, 9.17) is 11.6 Å². The molecule has 0 radical (unpaired) electrons. The molecule has 0 amide bonds. The minimum atomic E-state index is 0.444. The SMILES string of the molecule is CN(C)CCCc1cc(C=O)c(Cl)[nH]1. The molecule has 14 heavy (non-hydrogen) atoms. The third kappa shape index (κ3) is 3.16. The average molecular weight is 215 g/mol. The molecule has 0 aromatic carbocycles. The maximum absolute atomic E-state index is 10.5. The molecule has 0 saturated carbocycles. The zero-order valence-electron chi connectivity index (χ0n) is 8.51. The van der Waals surface area contributed by atoms with Crippen LogP contribution in [0.25, 0.3) is 0 Å². The Labute approximate surface area is 89.1 Å². The van der Waals surface area contributed by atoms with Crippen molar-refractivity contribution in [1.82, 2.24) is 9.88 Å². The number of aromatic nitrogens is 1. The molecule has 0 bridgehead atoms. The summed E-state index contributed by atoms with van der Waals surface area (Å²) >= 11 is 5.79. The van der Waals surface area contributed by atoms with Gasteiger partial charge in [-0.25, -0.2) is 0 Å². The molecular formula is C10H15ClN2O. The van der Waals surface area contributed by atoms with Gasteiger partial charge in [0, 0.05) is 5.69 Å². The summed E-state index contributed by atoms with van der Waals surface area (Å²) in [5, 5.41) is 0.444. The van der Waals surface area contributed by atoms with Gasteiger partial charge >= 0.3 is 0 Å². The van der Waals surface area contributed by atoms with Gasteiger partial charge in [0.1, 0.15) is 5.15 Å². The predicted molar refractivity (Wildman–Crippen MR) is 58.1 cm³/mol. The Balaban J connectivity index is 2.47. The molecule has 78 valence electrons. The van der Waals surface area contributed by atoms with Crippen LogP contribution in [-0.2, 0) is 6.42 Å². The van der Waals surface area contributed by atoms with Gasteiger partial charge in [0.2, 0.25) is 0 Å². The molecular weight excluding hydrogens is 200 g/mol. The number of aromatic amines is 1. The molecule has 1 rings (SSSR count). The molecule has 0 fully saturated rings. The van der Waals surface area contributed by atoms with Crippen molar-refractivity contribution in [2.24, 2.45) is 0 Å². The summed E-state index contributed by atoms with van der Waals surface area (Å²) < 4.78 is 0. The molecule has 1 heterocycles. The molecule has 0 atom stereocenters. The molecule has 0 aliphatic heterocycles. The number of carbonyl (C=O) groups excluding carboxylic acids is 1. The fourth-order valence-electron chi connectivity index (χ4n) is 1.31. The quantitative estimate of drug-likeness (QED) is 0.761. The van der Waals surface area contributed by atoms with Crippen molar-refractivity contribution in [3.8, 4) is 0 Å². The smallest absolute Gasteiger partial charge is 0.153 e. The Morgan fingerprint density at radius 2 is 2.29 bits per heavy atom. The molecule has 1 aromatic rings. The van der Waals surface area contributed by atoms with E-state index >= 15 is 0 Å². The second-order valence-electron chi connectivity index (χ2n) is 3.59. The van der Waals surface area contributed by atoms with E-state index in [9.17, 15) is 4.79 Å². The Kier molecular flexibility index (Phi) is 4.17. The number of rotatable bonds is 5. The molecule has 0 aliphatic rings. The normalized spacial score (nSPS) is 10.9. The molecule has 1 aromatic heterocycles. The van der Waals surface area contributed by atoms with Crippen molar-refractivity contribution in [2.45, 2.75) is 12.8 Å². The summed E-state index contributed by atoms with van der Waals surface area (Å²) in [6, 6.07) is 1.81. The Morgan fingerprint density at radius 1 is 1.57 bits per heavy atom. The highest BCUT2D eigenvalue weighted by Gasteiger charge is 2.04. The van der Waals surface area contributed by atoms with Crippen LogP contribution in [0.4, 0.5) is 0 Å². The highest BCUT2D eigenvalue weighted by molar-refractivity contribution is 6.31. The van der Waals surface area contributed by atoms with Crippen LogP contribution >= 0.6 is 11.6 Å². The van der Waals surface area contributed by atoms with Crippen molar-refractivity contribution in [3.63, 3.8) is 0 Å². The van der Waals surface area contributed by atoms with E-state index in [1.807, 2.05) is 20.2 Å². The van der Waals surface area contributed by atoms with Gasteiger partial charge in [-0.15, -0.1) is 0 Å². The van der Waals surface area contributed by atoms with E-state index in [-0.39, 0.29) is 0 Å². The number of aldehydes is 1. The molecule has 1 N–H and O–H groups in total. The van der Waals surface area contributed by atoms with Crippen molar-refractivity contribution >= 4 is 17.9 Å². The fourth-order valence-corrected chi connectivity index (χ4v) is 1.53. The van der Waals surface area contributed by atoms with E-state index in [1.165, 1.54) is 0 Å². The molecule has 0 aliphatic carbocycles. The lowest BCUT2D eigenvalue weighted by Crippen LogP contribution is -2.13. The van der Waals surface area contributed by atoms with E-state index in [2.05, 4.69) is 9.88 Å². The number of aryl methyl sites for hydroxylation is 1. The minimum Gasteiger partial charge on any atom is -0.349 e. The summed E-state index contributed by atoms with van der Waals surface area (Å²) in [4.78, 5) is 15.6. The van der Waals surface area contributed by atoms with Gasteiger partial charge in [0.05, 0.1) is 5.56 Å². The first-order valence-electron chi connectivity index (χ1n) is 4.60. The van der Waals surface area contributed by atoms with Crippen molar-refractivity contribution in [3.05, 3.63) is 22.5 Å². The predicted octanol–water partition coefficient (Wildman–Crippen LogP) is 1.97. The third-order valence-corrected chi connectivity index (χ3v) is 2.34. The first-order chi connectivity index (χ1) is 6.63. The van der Waals surface area contributed by atoms with Crippen molar-refractivity contribution in [1.29, 1.82) is 0 Å². The number of nitrogens with one attached hydrogen (secondary N) is 1. The van der Waals surface area contributed by atoms with Crippen LogP contribution in [0, 0.1) is 0 Å². The maximum atomic E-state index is 10.5. The third-order valence-electron chi connectivity index (χ3n) is 2.03. The second-order valence-corrected chi connectivity index (χ2v) is 3.97. The standard InChI is InChI=1S/C10H15ClN2O/c1-13(2)5-3-4-9-6-8(7-14)10(11)12-9/h6-7,12H,3-5H2,1-2H3. The monoisotopic (exact) mass is 214 g/mol. The van der Waals surface area contributed by atoms with E-state index in [1.54, 1.807) is 0 Å². The highest BCUT2D eigenvalue weighted by atomic mass is 35.5. The van der Waals surface area contributed by atoms with Gasteiger partial charge in [0.15, 0.2) is 6.29 Å².